The van der Waals surface area contributed by atoms with Gasteiger partial charge in [-0.2, -0.15) is 0 Å². The summed E-state index contributed by atoms with van der Waals surface area (Å²) in [6, 6.07) is 23.5. The van der Waals surface area contributed by atoms with Crippen molar-refractivity contribution in [1.82, 2.24) is 9.80 Å². The molecule has 3 aliphatic rings. The fraction of sp³-hybridized carbons (Fsp3) is 0.412. The normalized spacial score (nSPS) is 21.4. The highest BCUT2D eigenvalue weighted by atomic mass is 16.5. The summed E-state index contributed by atoms with van der Waals surface area (Å²) in [6.07, 6.45) is 5.36. The van der Waals surface area contributed by atoms with Crippen LogP contribution >= 0.6 is 0 Å². The van der Waals surface area contributed by atoms with Gasteiger partial charge in [0.2, 0.25) is 5.91 Å². The number of methoxy groups -OCH3 is 2. The van der Waals surface area contributed by atoms with Crippen molar-refractivity contribution in [2.75, 3.05) is 45.3 Å². The fourth-order valence-electron chi connectivity index (χ4n) is 6.91. The van der Waals surface area contributed by atoms with Gasteiger partial charge in [0.25, 0.3) is 5.91 Å². The first-order chi connectivity index (χ1) is 20.1. The van der Waals surface area contributed by atoms with E-state index in [0.29, 0.717) is 18.7 Å². The molecule has 2 atom stereocenters. The molecule has 214 valence electrons. The highest BCUT2D eigenvalue weighted by Gasteiger charge is 2.48. The van der Waals surface area contributed by atoms with E-state index in [2.05, 4.69) is 21.9 Å². The van der Waals surface area contributed by atoms with Crippen molar-refractivity contribution in [3.05, 3.63) is 89.5 Å². The van der Waals surface area contributed by atoms with Crippen molar-refractivity contribution in [3.63, 3.8) is 0 Å². The van der Waals surface area contributed by atoms with Crippen LogP contribution in [0.25, 0.3) is 0 Å². The Kier molecular flexibility index (Phi) is 7.86. The number of piperazine rings is 1. The first-order valence-electron chi connectivity index (χ1n) is 14.8. The second-order valence-electron chi connectivity index (χ2n) is 11.3. The van der Waals surface area contributed by atoms with Gasteiger partial charge >= 0.3 is 0 Å². The van der Waals surface area contributed by atoms with E-state index in [0.717, 1.165) is 67.1 Å². The summed E-state index contributed by atoms with van der Waals surface area (Å²) < 4.78 is 10.8. The first-order valence-corrected chi connectivity index (χ1v) is 14.8. The minimum atomic E-state index is -0.466. The molecule has 2 fully saturated rings. The molecule has 1 saturated carbocycles. The summed E-state index contributed by atoms with van der Waals surface area (Å²) in [6.45, 7) is 2.78. The van der Waals surface area contributed by atoms with Gasteiger partial charge in [0.1, 0.15) is 11.5 Å². The van der Waals surface area contributed by atoms with E-state index in [4.69, 9.17) is 9.47 Å². The highest BCUT2D eigenvalue weighted by molar-refractivity contribution is 6.01. The molecule has 2 amide bonds. The average Bonchev–Trinajstić information content (AvgIpc) is 3.05. The predicted octanol–water partition coefficient (Wildman–Crippen LogP) is 5.67. The summed E-state index contributed by atoms with van der Waals surface area (Å²) in [5.41, 5.74) is 3.62. The number of fused-ring (bicyclic) bond motifs is 1. The molecule has 7 heteroatoms. The molecular formula is C34H39N3O4. The number of ether oxygens (including phenoxy) is 2. The zero-order chi connectivity index (χ0) is 28.3. The van der Waals surface area contributed by atoms with Gasteiger partial charge in [0.05, 0.1) is 26.2 Å². The number of nitrogens with zero attached hydrogens (tertiary/aromatic N) is 3. The SMILES string of the molecule is COc1ccc([C@H]2[C@@H](C(=O)N3CCN(c4ccc(OC)cc4)CC3)c3ccccc3C(=O)N2C2CCCCC2)cc1. The minimum absolute atomic E-state index is 0.0432. The van der Waals surface area contributed by atoms with Gasteiger partial charge in [-0.1, -0.05) is 49.6 Å². The zero-order valence-corrected chi connectivity index (χ0v) is 24.0. The van der Waals surface area contributed by atoms with E-state index < -0.39 is 5.92 Å². The Morgan fingerprint density at radius 2 is 1.37 bits per heavy atom. The van der Waals surface area contributed by atoms with Crippen LogP contribution in [-0.2, 0) is 4.79 Å². The number of carbonyl (C=O) groups excluding carboxylic acids is 2. The van der Waals surface area contributed by atoms with Gasteiger partial charge < -0.3 is 24.2 Å². The Bertz CT molecular complexity index is 1360. The molecule has 0 aromatic heterocycles. The van der Waals surface area contributed by atoms with Crippen LogP contribution in [0.5, 0.6) is 11.5 Å². The van der Waals surface area contributed by atoms with Crippen LogP contribution in [0, 0.1) is 0 Å². The number of amides is 2. The molecular weight excluding hydrogens is 514 g/mol. The van der Waals surface area contributed by atoms with E-state index in [-0.39, 0.29) is 23.9 Å². The van der Waals surface area contributed by atoms with Gasteiger partial charge in [-0.25, -0.2) is 0 Å². The lowest BCUT2D eigenvalue weighted by Crippen LogP contribution is -2.55. The summed E-state index contributed by atoms with van der Waals surface area (Å²) in [7, 11) is 3.33. The molecule has 2 aliphatic heterocycles. The summed E-state index contributed by atoms with van der Waals surface area (Å²) in [4.78, 5) is 35.2. The summed E-state index contributed by atoms with van der Waals surface area (Å²) in [5.74, 6) is 1.27. The third kappa shape index (κ3) is 5.25. The zero-order valence-electron chi connectivity index (χ0n) is 24.0. The first kappa shape index (κ1) is 27.2. The van der Waals surface area contributed by atoms with E-state index in [1.165, 1.54) is 6.42 Å². The number of hydrogen-bond acceptors (Lipinski definition) is 5. The van der Waals surface area contributed by atoms with E-state index in [1.807, 2.05) is 65.6 Å². The quantitative estimate of drug-likeness (QED) is 0.394. The minimum Gasteiger partial charge on any atom is -0.497 e. The molecule has 3 aromatic carbocycles. The average molecular weight is 554 g/mol. The van der Waals surface area contributed by atoms with E-state index in [9.17, 15) is 9.59 Å². The van der Waals surface area contributed by atoms with Crippen molar-refractivity contribution in [3.8, 4) is 11.5 Å². The lowest BCUT2D eigenvalue weighted by Gasteiger charge is -2.48. The van der Waals surface area contributed by atoms with E-state index in [1.54, 1.807) is 14.2 Å². The Labute approximate surface area is 242 Å². The molecule has 2 heterocycles. The Morgan fingerprint density at radius 3 is 2.00 bits per heavy atom. The van der Waals surface area contributed by atoms with Crippen LogP contribution in [0.2, 0.25) is 0 Å². The maximum Gasteiger partial charge on any atom is 0.254 e. The molecule has 0 spiro atoms. The molecule has 1 saturated heterocycles. The van der Waals surface area contributed by atoms with Crippen molar-refractivity contribution in [2.45, 2.75) is 50.1 Å². The predicted molar refractivity (Wildman–Crippen MR) is 160 cm³/mol. The van der Waals surface area contributed by atoms with Crippen LogP contribution in [0.1, 0.15) is 65.5 Å². The molecule has 6 rings (SSSR count). The molecule has 7 nitrogen and oxygen atoms in total. The van der Waals surface area contributed by atoms with Crippen LogP contribution in [0.15, 0.2) is 72.8 Å². The molecule has 0 bridgehead atoms. The molecule has 0 radical (unpaired) electrons. The van der Waals surface area contributed by atoms with Crippen LogP contribution in [-0.4, -0.2) is 68.1 Å². The number of carbonyl (C=O) groups is 2. The summed E-state index contributed by atoms with van der Waals surface area (Å²) >= 11 is 0. The van der Waals surface area contributed by atoms with Crippen molar-refractivity contribution >= 4 is 17.5 Å². The lowest BCUT2D eigenvalue weighted by molar-refractivity contribution is -0.135. The van der Waals surface area contributed by atoms with Gasteiger partial charge in [-0.3, -0.25) is 9.59 Å². The smallest absolute Gasteiger partial charge is 0.254 e. The molecule has 1 aliphatic carbocycles. The van der Waals surface area contributed by atoms with Crippen molar-refractivity contribution in [1.29, 1.82) is 0 Å². The topological polar surface area (TPSA) is 62.3 Å². The molecule has 3 aromatic rings. The largest absolute Gasteiger partial charge is 0.497 e. The summed E-state index contributed by atoms with van der Waals surface area (Å²) in [5, 5.41) is 0. The van der Waals surface area contributed by atoms with Gasteiger partial charge in [-0.15, -0.1) is 0 Å². The number of hydrogen-bond donors (Lipinski definition) is 0. The number of anilines is 1. The van der Waals surface area contributed by atoms with Crippen LogP contribution in [0.3, 0.4) is 0 Å². The van der Waals surface area contributed by atoms with Gasteiger partial charge in [0, 0.05) is 43.5 Å². The second kappa shape index (κ2) is 11.9. The fourth-order valence-corrected chi connectivity index (χ4v) is 6.91. The van der Waals surface area contributed by atoms with Crippen LogP contribution in [0.4, 0.5) is 5.69 Å². The lowest BCUT2D eigenvalue weighted by atomic mass is 9.77. The van der Waals surface area contributed by atoms with Crippen molar-refractivity contribution < 1.29 is 19.1 Å². The maximum atomic E-state index is 14.6. The Hall–Kier alpha value is -4.00. The molecule has 0 N–H and O–H groups in total. The molecule has 41 heavy (non-hydrogen) atoms. The van der Waals surface area contributed by atoms with E-state index >= 15 is 0 Å². The highest BCUT2D eigenvalue weighted by Crippen LogP contribution is 2.46. The van der Waals surface area contributed by atoms with Crippen molar-refractivity contribution in [2.24, 2.45) is 0 Å². The standard InChI is InChI=1S/C34H39N3O4/c1-40-27-16-12-24(13-17-27)32-31(29-10-6-7-11-30(29)33(38)37(32)26-8-4-3-5-9-26)34(39)36-22-20-35(21-23-36)25-14-18-28(41-2)19-15-25/h6-7,10-19,26,31-32H,3-5,8-9,20-23H2,1-2H3/t31-,32-/m0/s1. The maximum absolute atomic E-state index is 14.6. The Morgan fingerprint density at radius 1 is 0.756 bits per heavy atom. The number of benzene rings is 3. The van der Waals surface area contributed by atoms with Crippen LogP contribution < -0.4 is 14.4 Å². The third-order valence-corrected chi connectivity index (χ3v) is 9.10. The number of rotatable bonds is 6. The van der Waals surface area contributed by atoms with Gasteiger partial charge in [0.15, 0.2) is 0 Å². The monoisotopic (exact) mass is 553 g/mol. The Balaban J connectivity index is 1.34. The third-order valence-electron chi connectivity index (χ3n) is 9.10. The molecule has 0 unspecified atom stereocenters. The van der Waals surface area contributed by atoms with Gasteiger partial charge in [-0.05, 0) is 66.4 Å². The second-order valence-corrected chi connectivity index (χ2v) is 11.3.